The molecule has 0 bridgehead atoms. The van der Waals surface area contributed by atoms with E-state index in [0.29, 0.717) is 6.54 Å². The fraction of sp³-hybridized carbons (Fsp3) is 0.111. The molecule has 0 atom stereocenters. The predicted octanol–water partition coefficient (Wildman–Crippen LogP) is 3.89. The molecule has 0 saturated carbocycles. The van der Waals surface area contributed by atoms with Gasteiger partial charge in [0.1, 0.15) is 0 Å². The van der Waals surface area contributed by atoms with Crippen molar-refractivity contribution < 1.29 is 0 Å². The topological polar surface area (TPSA) is 26.0 Å². The van der Waals surface area contributed by atoms with Crippen molar-refractivity contribution in [3.05, 3.63) is 83.4 Å². The van der Waals surface area contributed by atoms with Gasteiger partial charge in [-0.15, -0.1) is 0 Å². The van der Waals surface area contributed by atoms with E-state index in [2.05, 4.69) is 60.7 Å². The Morgan fingerprint density at radius 1 is 0.684 bits per heavy atom. The molecule has 94 valence electrons. The molecular formula is C18H17N. The number of benzene rings is 3. The third kappa shape index (κ3) is 2.51. The Balaban J connectivity index is 2.06. The zero-order valence-electron chi connectivity index (χ0n) is 10.8. The van der Waals surface area contributed by atoms with Gasteiger partial charge in [-0.1, -0.05) is 60.7 Å². The van der Waals surface area contributed by atoms with Crippen molar-refractivity contribution in [1.29, 1.82) is 0 Å². The van der Waals surface area contributed by atoms with E-state index in [9.17, 15) is 0 Å². The van der Waals surface area contributed by atoms with E-state index in [1.807, 2.05) is 6.07 Å². The first-order valence-electron chi connectivity index (χ1n) is 6.61. The number of fused-ring (bicyclic) bond motifs is 1. The molecule has 0 aliphatic heterocycles. The van der Waals surface area contributed by atoms with Crippen LogP contribution in [0.4, 0.5) is 0 Å². The zero-order valence-corrected chi connectivity index (χ0v) is 10.8. The quantitative estimate of drug-likeness (QED) is 0.746. The van der Waals surface area contributed by atoms with Gasteiger partial charge in [0.2, 0.25) is 0 Å². The van der Waals surface area contributed by atoms with Gasteiger partial charge in [-0.3, -0.25) is 0 Å². The maximum absolute atomic E-state index is 5.90. The molecular weight excluding hydrogens is 230 g/mol. The first kappa shape index (κ1) is 11.9. The molecule has 0 aliphatic rings. The van der Waals surface area contributed by atoms with Crippen molar-refractivity contribution in [2.75, 3.05) is 0 Å². The minimum Gasteiger partial charge on any atom is -0.326 e. The van der Waals surface area contributed by atoms with Gasteiger partial charge < -0.3 is 5.73 Å². The summed E-state index contributed by atoms with van der Waals surface area (Å²) in [6.45, 7) is 0.590. The van der Waals surface area contributed by atoms with Crippen LogP contribution in [-0.2, 0) is 13.0 Å². The minimum absolute atomic E-state index is 0.590. The summed E-state index contributed by atoms with van der Waals surface area (Å²) in [5.74, 6) is 0. The summed E-state index contributed by atoms with van der Waals surface area (Å²) in [5, 5.41) is 2.55. The van der Waals surface area contributed by atoms with E-state index in [-0.39, 0.29) is 0 Å². The van der Waals surface area contributed by atoms with Crippen molar-refractivity contribution in [3.63, 3.8) is 0 Å². The van der Waals surface area contributed by atoms with Crippen molar-refractivity contribution >= 4 is 10.8 Å². The van der Waals surface area contributed by atoms with Gasteiger partial charge in [-0.25, -0.2) is 0 Å². The van der Waals surface area contributed by atoms with Crippen LogP contribution in [-0.4, -0.2) is 0 Å². The molecule has 0 fully saturated rings. The second kappa shape index (κ2) is 5.25. The molecule has 0 saturated heterocycles. The van der Waals surface area contributed by atoms with E-state index < -0.39 is 0 Å². The highest BCUT2D eigenvalue weighted by atomic mass is 14.5. The summed E-state index contributed by atoms with van der Waals surface area (Å²) in [7, 11) is 0. The molecule has 0 aliphatic carbocycles. The highest BCUT2D eigenvalue weighted by Gasteiger charge is 2.04. The Kier molecular flexibility index (Phi) is 3.30. The number of nitrogens with two attached hydrogens (primary N) is 1. The summed E-state index contributed by atoms with van der Waals surface area (Å²) in [4.78, 5) is 0. The third-order valence-electron chi connectivity index (χ3n) is 3.53. The number of hydrogen-bond acceptors (Lipinski definition) is 1. The molecule has 3 rings (SSSR count). The van der Waals surface area contributed by atoms with Gasteiger partial charge in [0.15, 0.2) is 0 Å². The van der Waals surface area contributed by atoms with Crippen LogP contribution >= 0.6 is 0 Å². The summed E-state index contributed by atoms with van der Waals surface area (Å²) >= 11 is 0. The molecule has 3 aromatic carbocycles. The average molecular weight is 247 g/mol. The Labute approximate surface area is 113 Å². The summed E-state index contributed by atoms with van der Waals surface area (Å²) in [6.07, 6.45) is 0.943. The molecule has 0 heterocycles. The van der Waals surface area contributed by atoms with Crippen molar-refractivity contribution in [2.45, 2.75) is 13.0 Å². The first-order chi connectivity index (χ1) is 9.36. The number of rotatable bonds is 3. The monoisotopic (exact) mass is 247 g/mol. The van der Waals surface area contributed by atoms with Crippen LogP contribution in [0.1, 0.15) is 16.7 Å². The predicted molar refractivity (Wildman–Crippen MR) is 81.1 cm³/mol. The van der Waals surface area contributed by atoms with Gasteiger partial charge in [0.05, 0.1) is 0 Å². The lowest BCUT2D eigenvalue weighted by Crippen LogP contribution is -2.02. The molecule has 2 N–H and O–H groups in total. The normalized spacial score (nSPS) is 10.8. The van der Waals surface area contributed by atoms with Crippen LogP contribution in [0.3, 0.4) is 0 Å². The van der Waals surface area contributed by atoms with Gasteiger partial charge in [-0.05, 0) is 39.9 Å². The van der Waals surface area contributed by atoms with E-state index in [0.717, 1.165) is 6.42 Å². The third-order valence-corrected chi connectivity index (χ3v) is 3.53. The van der Waals surface area contributed by atoms with Crippen LogP contribution in [0.5, 0.6) is 0 Å². The molecule has 1 nitrogen and oxygen atoms in total. The molecule has 1 heteroatoms. The summed E-state index contributed by atoms with van der Waals surface area (Å²) in [6, 6.07) is 23.5. The van der Waals surface area contributed by atoms with E-state index in [1.165, 1.54) is 27.5 Å². The van der Waals surface area contributed by atoms with Crippen molar-refractivity contribution in [3.8, 4) is 0 Å². The molecule has 0 amide bonds. The van der Waals surface area contributed by atoms with E-state index in [1.54, 1.807) is 0 Å². The molecule has 0 spiro atoms. The minimum atomic E-state index is 0.590. The Morgan fingerprint density at radius 2 is 1.26 bits per heavy atom. The van der Waals surface area contributed by atoms with Crippen molar-refractivity contribution in [1.82, 2.24) is 0 Å². The lowest BCUT2D eigenvalue weighted by molar-refractivity contribution is 1.02. The lowest BCUT2D eigenvalue weighted by atomic mass is 9.96. The smallest absolute Gasteiger partial charge is 0.0181 e. The first-order valence-corrected chi connectivity index (χ1v) is 6.61. The maximum Gasteiger partial charge on any atom is 0.0181 e. The lowest BCUT2D eigenvalue weighted by Gasteiger charge is -2.10. The van der Waals surface area contributed by atoms with Gasteiger partial charge in [0, 0.05) is 6.54 Å². The Morgan fingerprint density at radius 3 is 1.89 bits per heavy atom. The molecule has 3 aromatic rings. The van der Waals surface area contributed by atoms with Crippen LogP contribution < -0.4 is 5.73 Å². The molecule has 0 aromatic heterocycles. The highest BCUT2D eigenvalue weighted by Crippen LogP contribution is 2.22. The number of hydrogen-bond donors (Lipinski definition) is 1. The van der Waals surface area contributed by atoms with Gasteiger partial charge >= 0.3 is 0 Å². The Hall–Kier alpha value is -2.12. The van der Waals surface area contributed by atoms with E-state index in [4.69, 9.17) is 5.73 Å². The van der Waals surface area contributed by atoms with Crippen LogP contribution in [0.2, 0.25) is 0 Å². The fourth-order valence-electron chi connectivity index (χ4n) is 2.50. The molecule has 0 unspecified atom stereocenters. The molecule has 19 heavy (non-hydrogen) atoms. The Bertz CT molecular complexity index is 686. The highest BCUT2D eigenvalue weighted by molar-refractivity contribution is 5.84. The summed E-state index contributed by atoms with van der Waals surface area (Å²) in [5.41, 5.74) is 9.79. The van der Waals surface area contributed by atoms with Crippen molar-refractivity contribution in [2.24, 2.45) is 5.73 Å². The zero-order chi connectivity index (χ0) is 13.1. The second-order valence-electron chi connectivity index (χ2n) is 4.83. The SMILES string of the molecule is NCc1cc2ccccc2cc1Cc1ccccc1. The standard InChI is InChI=1S/C18H17N/c19-13-18-12-16-9-5-4-8-15(16)11-17(18)10-14-6-2-1-3-7-14/h1-9,11-12H,10,13,19H2. The fourth-order valence-corrected chi connectivity index (χ4v) is 2.50. The van der Waals surface area contributed by atoms with Gasteiger partial charge in [-0.2, -0.15) is 0 Å². The van der Waals surface area contributed by atoms with Crippen LogP contribution in [0, 0.1) is 0 Å². The average Bonchev–Trinajstić information content (AvgIpc) is 2.47. The maximum atomic E-state index is 5.90. The largest absolute Gasteiger partial charge is 0.326 e. The van der Waals surface area contributed by atoms with Crippen LogP contribution in [0.25, 0.3) is 10.8 Å². The van der Waals surface area contributed by atoms with Crippen LogP contribution in [0.15, 0.2) is 66.7 Å². The second-order valence-corrected chi connectivity index (χ2v) is 4.83. The summed E-state index contributed by atoms with van der Waals surface area (Å²) < 4.78 is 0. The van der Waals surface area contributed by atoms with Gasteiger partial charge in [0.25, 0.3) is 0 Å². The van der Waals surface area contributed by atoms with E-state index >= 15 is 0 Å². The molecule has 0 radical (unpaired) electrons.